The highest BCUT2D eigenvalue weighted by molar-refractivity contribution is 5.91. The molecule has 82 valence electrons. The molecule has 0 unspecified atom stereocenters. The zero-order valence-corrected chi connectivity index (χ0v) is 8.80. The lowest BCUT2D eigenvalue weighted by Crippen LogP contribution is -2.14. The van der Waals surface area contributed by atoms with Crippen LogP contribution in [-0.2, 0) is 11.3 Å². The fraction of sp³-hybridized carbons (Fsp3) is 0.444. The standard InChI is InChI=1S/C9H14N4O2/c1-4-5-13-8(10)7(11-12-13)9(14)15-6(2)3/h4,6H,1,5,10H2,2-3H3. The minimum atomic E-state index is -0.558. The Hall–Kier alpha value is -1.85. The molecule has 0 aromatic carbocycles. The summed E-state index contributed by atoms with van der Waals surface area (Å²) < 4.78 is 6.33. The molecule has 0 atom stereocenters. The second-order valence-electron chi connectivity index (χ2n) is 3.25. The van der Waals surface area contributed by atoms with Crippen molar-refractivity contribution in [3.8, 4) is 0 Å². The Morgan fingerprint density at radius 1 is 1.73 bits per heavy atom. The van der Waals surface area contributed by atoms with E-state index in [1.54, 1.807) is 19.9 Å². The minimum Gasteiger partial charge on any atom is -0.458 e. The van der Waals surface area contributed by atoms with E-state index >= 15 is 0 Å². The molecule has 1 heterocycles. The molecule has 0 fully saturated rings. The van der Waals surface area contributed by atoms with E-state index in [2.05, 4.69) is 16.9 Å². The number of anilines is 1. The molecular weight excluding hydrogens is 196 g/mol. The molecule has 1 aromatic heterocycles. The van der Waals surface area contributed by atoms with Gasteiger partial charge in [-0.15, -0.1) is 11.7 Å². The molecule has 0 saturated carbocycles. The summed E-state index contributed by atoms with van der Waals surface area (Å²) in [6.45, 7) is 7.45. The second kappa shape index (κ2) is 4.59. The number of esters is 1. The zero-order chi connectivity index (χ0) is 11.4. The fourth-order valence-corrected chi connectivity index (χ4v) is 0.993. The summed E-state index contributed by atoms with van der Waals surface area (Å²) in [6, 6.07) is 0. The number of nitrogens with two attached hydrogens (primary N) is 1. The summed E-state index contributed by atoms with van der Waals surface area (Å²) in [7, 11) is 0. The largest absolute Gasteiger partial charge is 0.458 e. The maximum atomic E-state index is 11.4. The number of hydrogen-bond acceptors (Lipinski definition) is 5. The number of rotatable bonds is 4. The second-order valence-corrected chi connectivity index (χ2v) is 3.25. The van der Waals surface area contributed by atoms with Gasteiger partial charge in [-0.3, -0.25) is 0 Å². The number of carbonyl (C=O) groups is 1. The molecule has 0 amide bonds. The molecular formula is C9H14N4O2. The van der Waals surface area contributed by atoms with Crippen LogP contribution in [0.2, 0.25) is 0 Å². The molecule has 0 aliphatic heterocycles. The zero-order valence-electron chi connectivity index (χ0n) is 8.80. The number of nitrogen functional groups attached to an aromatic ring is 1. The van der Waals surface area contributed by atoms with E-state index < -0.39 is 5.97 Å². The van der Waals surface area contributed by atoms with E-state index in [0.717, 1.165) is 0 Å². The Morgan fingerprint density at radius 2 is 2.40 bits per heavy atom. The van der Waals surface area contributed by atoms with Crippen LogP contribution >= 0.6 is 0 Å². The Kier molecular flexibility index (Phi) is 3.43. The average Bonchev–Trinajstić information content (AvgIpc) is 2.48. The lowest BCUT2D eigenvalue weighted by molar-refractivity contribution is 0.0372. The summed E-state index contributed by atoms with van der Waals surface area (Å²) in [4.78, 5) is 11.4. The Morgan fingerprint density at radius 3 is 2.93 bits per heavy atom. The molecule has 0 spiro atoms. The van der Waals surface area contributed by atoms with Crippen LogP contribution in [0.5, 0.6) is 0 Å². The molecule has 6 heteroatoms. The third kappa shape index (κ3) is 2.55. The Labute approximate surface area is 87.7 Å². The van der Waals surface area contributed by atoms with Crippen LogP contribution in [-0.4, -0.2) is 27.1 Å². The van der Waals surface area contributed by atoms with E-state index in [-0.39, 0.29) is 17.6 Å². The highest BCUT2D eigenvalue weighted by Crippen LogP contribution is 2.10. The lowest BCUT2D eigenvalue weighted by Gasteiger charge is -2.05. The first-order valence-corrected chi connectivity index (χ1v) is 4.57. The maximum Gasteiger partial charge on any atom is 0.363 e. The van der Waals surface area contributed by atoms with Gasteiger partial charge in [-0.2, -0.15) is 0 Å². The molecule has 0 aliphatic rings. The number of hydrogen-bond donors (Lipinski definition) is 1. The van der Waals surface area contributed by atoms with Crippen molar-refractivity contribution in [3.63, 3.8) is 0 Å². The number of carbonyl (C=O) groups excluding carboxylic acids is 1. The number of ether oxygens (including phenoxy) is 1. The quantitative estimate of drug-likeness (QED) is 0.581. The highest BCUT2D eigenvalue weighted by Gasteiger charge is 2.19. The minimum absolute atomic E-state index is 0.0468. The Bertz CT molecular complexity index is 370. The molecule has 0 bridgehead atoms. The van der Waals surface area contributed by atoms with Crippen molar-refractivity contribution in [2.24, 2.45) is 0 Å². The van der Waals surface area contributed by atoms with Crippen LogP contribution in [0.3, 0.4) is 0 Å². The van der Waals surface area contributed by atoms with Gasteiger partial charge in [0, 0.05) is 0 Å². The van der Waals surface area contributed by atoms with Crippen molar-refractivity contribution in [1.29, 1.82) is 0 Å². The number of nitrogens with zero attached hydrogens (tertiary/aromatic N) is 3. The van der Waals surface area contributed by atoms with Crippen molar-refractivity contribution in [1.82, 2.24) is 15.0 Å². The Balaban J connectivity index is 2.86. The number of aromatic nitrogens is 3. The summed E-state index contributed by atoms with van der Waals surface area (Å²) in [5.74, 6) is -0.363. The van der Waals surface area contributed by atoms with Gasteiger partial charge in [0.05, 0.1) is 12.6 Å². The highest BCUT2D eigenvalue weighted by atomic mass is 16.5. The van der Waals surface area contributed by atoms with Crippen molar-refractivity contribution in [2.75, 3.05) is 5.73 Å². The van der Waals surface area contributed by atoms with Crippen LogP contribution in [0.1, 0.15) is 24.3 Å². The van der Waals surface area contributed by atoms with E-state index in [1.807, 2.05) is 0 Å². The first kappa shape index (κ1) is 11.2. The molecule has 0 saturated heterocycles. The molecule has 2 N–H and O–H groups in total. The molecule has 6 nitrogen and oxygen atoms in total. The van der Waals surface area contributed by atoms with Crippen LogP contribution in [0, 0.1) is 0 Å². The maximum absolute atomic E-state index is 11.4. The smallest absolute Gasteiger partial charge is 0.363 e. The summed E-state index contributed by atoms with van der Waals surface area (Å²) in [6.07, 6.45) is 1.41. The fourth-order valence-electron chi connectivity index (χ4n) is 0.993. The average molecular weight is 210 g/mol. The van der Waals surface area contributed by atoms with Crippen LogP contribution < -0.4 is 5.73 Å². The van der Waals surface area contributed by atoms with Crippen LogP contribution in [0.15, 0.2) is 12.7 Å². The van der Waals surface area contributed by atoms with E-state index in [1.165, 1.54) is 4.68 Å². The molecule has 0 radical (unpaired) electrons. The molecule has 15 heavy (non-hydrogen) atoms. The van der Waals surface area contributed by atoms with E-state index in [4.69, 9.17) is 10.5 Å². The van der Waals surface area contributed by atoms with Gasteiger partial charge < -0.3 is 10.5 Å². The van der Waals surface area contributed by atoms with Gasteiger partial charge in [-0.05, 0) is 13.8 Å². The predicted octanol–water partition coefficient (Wildman–Crippen LogP) is 0.612. The predicted molar refractivity (Wildman–Crippen MR) is 55.2 cm³/mol. The van der Waals surface area contributed by atoms with Gasteiger partial charge in [0.15, 0.2) is 5.82 Å². The number of allylic oxidation sites excluding steroid dienone is 1. The van der Waals surface area contributed by atoms with Crippen molar-refractivity contribution in [2.45, 2.75) is 26.5 Å². The molecule has 1 aromatic rings. The summed E-state index contributed by atoms with van der Waals surface area (Å²) in [5, 5.41) is 7.36. The topological polar surface area (TPSA) is 83.0 Å². The van der Waals surface area contributed by atoms with Gasteiger partial charge in [0.2, 0.25) is 5.69 Å². The molecule has 0 aliphatic carbocycles. The van der Waals surface area contributed by atoms with Crippen LogP contribution in [0.25, 0.3) is 0 Å². The van der Waals surface area contributed by atoms with Gasteiger partial charge in [-0.25, -0.2) is 9.48 Å². The lowest BCUT2D eigenvalue weighted by atomic mass is 10.4. The molecule has 1 rings (SSSR count). The summed E-state index contributed by atoms with van der Waals surface area (Å²) in [5.41, 5.74) is 5.70. The van der Waals surface area contributed by atoms with Gasteiger partial charge in [-0.1, -0.05) is 11.3 Å². The third-order valence-electron chi connectivity index (χ3n) is 1.61. The van der Waals surface area contributed by atoms with E-state index in [0.29, 0.717) is 6.54 Å². The van der Waals surface area contributed by atoms with Crippen molar-refractivity contribution < 1.29 is 9.53 Å². The van der Waals surface area contributed by atoms with E-state index in [9.17, 15) is 4.79 Å². The van der Waals surface area contributed by atoms with Crippen LogP contribution in [0.4, 0.5) is 5.82 Å². The normalized spacial score (nSPS) is 10.3. The SMILES string of the molecule is C=CCn1nnc(C(=O)OC(C)C)c1N. The van der Waals surface area contributed by atoms with Crippen molar-refractivity contribution >= 4 is 11.8 Å². The van der Waals surface area contributed by atoms with Crippen molar-refractivity contribution in [3.05, 3.63) is 18.3 Å². The van der Waals surface area contributed by atoms with Gasteiger partial charge in [0.1, 0.15) is 0 Å². The monoisotopic (exact) mass is 210 g/mol. The first-order valence-electron chi connectivity index (χ1n) is 4.57. The summed E-state index contributed by atoms with van der Waals surface area (Å²) >= 11 is 0. The van der Waals surface area contributed by atoms with Gasteiger partial charge >= 0.3 is 5.97 Å². The third-order valence-corrected chi connectivity index (χ3v) is 1.61. The van der Waals surface area contributed by atoms with Gasteiger partial charge in [0.25, 0.3) is 0 Å². The first-order chi connectivity index (χ1) is 7.06.